The van der Waals surface area contributed by atoms with Crippen molar-refractivity contribution in [2.24, 2.45) is 0 Å². The summed E-state index contributed by atoms with van der Waals surface area (Å²) in [5.74, 6) is -1.52. The molecule has 4 N–H and O–H groups in total. The van der Waals surface area contributed by atoms with Crippen LogP contribution >= 0.6 is 0 Å². The first-order chi connectivity index (χ1) is 9.13. The van der Waals surface area contributed by atoms with Crippen LogP contribution in [-0.2, 0) is 4.79 Å². The monoisotopic (exact) mass is 262 g/mol. The normalized spacial score (nSPS) is 10.2. The zero-order chi connectivity index (χ0) is 14.1. The van der Waals surface area contributed by atoms with Gasteiger partial charge in [0, 0.05) is 5.56 Å². The van der Waals surface area contributed by atoms with Crippen molar-refractivity contribution in [3.05, 3.63) is 53.0 Å². The van der Waals surface area contributed by atoms with Crippen LogP contribution in [0.2, 0.25) is 0 Å². The predicted octanol–water partition coefficient (Wildman–Crippen LogP) is 0.247. The number of nitrogens with zero attached hydrogens (tertiary/aromatic N) is 2. The van der Waals surface area contributed by atoms with Gasteiger partial charge in [0.15, 0.2) is 4.98 Å². The average Bonchev–Trinajstić information content (AvgIpc) is 2.44. The Hall–Kier alpha value is -3.08. The molecule has 0 atom stereocenters. The molecule has 8 nitrogen and oxygen atoms in total. The van der Waals surface area contributed by atoms with Crippen LogP contribution in [0.5, 0.6) is 0 Å². The number of hydrogen-bond donors (Lipinski definition) is 4. The molecule has 0 heterocycles. The number of hydrazine groups is 1. The maximum absolute atomic E-state index is 11.5. The molecular weight excluding hydrogens is 250 g/mol. The van der Waals surface area contributed by atoms with E-state index >= 15 is 0 Å². The molecule has 0 aromatic heterocycles. The minimum atomic E-state index is -0.581. The first kappa shape index (κ1) is 14.0. The van der Waals surface area contributed by atoms with E-state index in [1.165, 1.54) is 0 Å². The van der Waals surface area contributed by atoms with E-state index in [2.05, 4.69) is 21.1 Å². The molecule has 8 heteroatoms. The van der Waals surface area contributed by atoms with Crippen LogP contribution in [0.25, 0.3) is 4.98 Å². The Kier molecular flexibility index (Phi) is 5.36. The number of aliphatic hydroxyl groups excluding tert-OH is 1. The van der Waals surface area contributed by atoms with Gasteiger partial charge in [-0.1, -0.05) is 18.2 Å². The topological polar surface area (TPSA) is 119 Å². The molecule has 0 unspecified atom stereocenters. The lowest BCUT2D eigenvalue weighted by atomic mass is 10.2. The lowest BCUT2D eigenvalue weighted by Crippen LogP contribution is -2.45. The SMILES string of the molecule is N#[N+]/C=C(/O)NCC(=O)NNC(=O)c1ccccc1. The zero-order valence-corrected chi connectivity index (χ0v) is 9.83. The second kappa shape index (κ2) is 7.29. The van der Waals surface area contributed by atoms with Crippen LogP contribution in [-0.4, -0.2) is 23.5 Å². The quantitative estimate of drug-likeness (QED) is 0.352. The standard InChI is InChI=1S/C11H11N5O3/c12-14-7-9(17)13-6-10(18)15-16-11(19)8-4-2-1-3-5-8/h1-5,7,12-13,17H,6H2/p+1/b9-7+. The van der Waals surface area contributed by atoms with E-state index in [-0.39, 0.29) is 6.54 Å². The molecule has 0 fully saturated rings. The highest BCUT2D eigenvalue weighted by molar-refractivity contribution is 5.95. The average molecular weight is 262 g/mol. The van der Waals surface area contributed by atoms with E-state index in [1.807, 2.05) is 0 Å². The molecule has 0 spiro atoms. The molecule has 98 valence electrons. The molecule has 19 heavy (non-hydrogen) atoms. The van der Waals surface area contributed by atoms with Gasteiger partial charge in [0.05, 0.1) is 6.54 Å². The molecule has 0 saturated heterocycles. The number of nitrogens with one attached hydrogen (secondary N) is 3. The lowest BCUT2D eigenvalue weighted by Gasteiger charge is -2.07. The van der Waals surface area contributed by atoms with Gasteiger partial charge in [0.1, 0.15) is 0 Å². The first-order valence-electron chi connectivity index (χ1n) is 5.25. The summed E-state index contributed by atoms with van der Waals surface area (Å²) in [4.78, 5) is 25.4. The van der Waals surface area contributed by atoms with Crippen molar-refractivity contribution < 1.29 is 14.7 Å². The van der Waals surface area contributed by atoms with Crippen molar-refractivity contribution in [2.75, 3.05) is 6.54 Å². The van der Waals surface area contributed by atoms with Crippen molar-refractivity contribution >= 4 is 11.8 Å². The molecule has 2 amide bonds. The summed E-state index contributed by atoms with van der Waals surface area (Å²) >= 11 is 0. The molecule has 0 aliphatic carbocycles. The molecular formula is C11H12N5O3+. The van der Waals surface area contributed by atoms with E-state index < -0.39 is 17.7 Å². The Morgan fingerprint density at radius 1 is 1.26 bits per heavy atom. The highest BCUT2D eigenvalue weighted by Crippen LogP contribution is 1.96. The van der Waals surface area contributed by atoms with Gasteiger partial charge >= 0.3 is 6.20 Å². The second-order valence-corrected chi connectivity index (χ2v) is 3.35. The Morgan fingerprint density at radius 3 is 2.58 bits per heavy atom. The number of rotatable bonds is 4. The zero-order valence-electron chi connectivity index (χ0n) is 9.83. The third-order valence-electron chi connectivity index (χ3n) is 1.96. The molecule has 1 aromatic carbocycles. The third kappa shape index (κ3) is 5.18. The fourth-order valence-corrected chi connectivity index (χ4v) is 1.10. The fraction of sp³-hybridized carbons (Fsp3) is 0.0909. The highest BCUT2D eigenvalue weighted by Gasteiger charge is 2.07. The maximum atomic E-state index is 11.5. The van der Waals surface area contributed by atoms with Crippen LogP contribution in [0.3, 0.4) is 0 Å². The van der Waals surface area contributed by atoms with Crippen molar-refractivity contribution in [3.63, 3.8) is 0 Å². The summed E-state index contributed by atoms with van der Waals surface area (Å²) in [6.45, 7) is -0.299. The molecule has 0 radical (unpaired) electrons. The Morgan fingerprint density at radius 2 is 1.95 bits per heavy atom. The van der Waals surface area contributed by atoms with Crippen molar-refractivity contribution in [2.45, 2.75) is 0 Å². The van der Waals surface area contributed by atoms with Gasteiger partial charge in [-0.25, -0.2) is 0 Å². The minimum Gasteiger partial charge on any atom is -0.490 e. The van der Waals surface area contributed by atoms with Crippen LogP contribution in [0.1, 0.15) is 10.4 Å². The van der Waals surface area contributed by atoms with Crippen LogP contribution < -0.4 is 16.2 Å². The van der Waals surface area contributed by atoms with Gasteiger partial charge in [0.2, 0.25) is 5.39 Å². The van der Waals surface area contributed by atoms with E-state index in [0.717, 1.165) is 6.20 Å². The number of carbonyl (C=O) groups is 2. The van der Waals surface area contributed by atoms with Crippen LogP contribution in [0, 0.1) is 5.39 Å². The van der Waals surface area contributed by atoms with E-state index in [0.29, 0.717) is 5.56 Å². The number of aliphatic hydroxyl groups is 1. The number of diazo groups is 1. The van der Waals surface area contributed by atoms with Gasteiger partial charge in [-0.2, -0.15) is 0 Å². The lowest BCUT2D eigenvalue weighted by molar-refractivity contribution is -0.121. The Balaban J connectivity index is 2.33. The summed E-state index contributed by atoms with van der Waals surface area (Å²) in [6.07, 6.45) is 0.718. The number of carbonyl (C=O) groups excluding carboxylic acids is 2. The second-order valence-electron chi connectivity index (χ2n) is 3.35. The van der Waals surface area contributed by atoms with Crippen LogP contribution in [0.4, 0.5) is 0 Å². The van der Waals surface area contributed by atoms with Crippen molar-refractivity contribution in [3.8, 4) is 0 Å². The molecule has 0 bridgehead atoms. The first-order valence-corrected chi connectivity index (χ1v) is 5.25. The number of benzene rings is 1. The van der Waals surface area contributed by atoms with Gasteiger partial charge in [-0.3, -0.25) is 20.4 Å². The van der Waals surface area contributed by atoms with E-state index in [1.54, 1.807) is 30.3 Å². The molecule has 1 aromatic rings. The largest absolute Gasteiger partial charge is 0.490 e. The van der Waals surface area contributed by atoms with E-state index in [9.17, 15) is 9.59 Å². The van der Waals surface area contributed by atoms with Gasteiger partial charge in [0.25, 0.3) is 17.7 Å². The fourth-order valence-electron chi connectivity index (χ4n) is 1.10. The predicted molar refractivity (Wildman–Crippen MR) is 65.8 cm³/mol. The summed E-state index contributed by atoms with van der Waals surface area (Å²) in [6, 6.07) is 8.34. The molecule has 0 saturated carbocycles. The number of amides is 2. The number of hydrogen-bond acceptors (Lipinski definition) is 5. The van der Waals surface area contributed by atoms with Crippen LogP contribution in [0.15, 0.2) is 42.4 Å². The summed E-state index contributed by atoms with van der Waals surface area (Å²) in [5, 5.41) is 19.3. The van der Waals surface area contributed by atoms with Gasteiger partial charge in [-0.15, -0.1) is 0 Å². The van der Waals surface area contributed by atoms with Gasteiger partial charge < -0.3 is 10.4 Å². The third-order valence-corrected chi connectivity index (χ3v) is 1.96. The summed E-state index contributed by atoms with van der Waals surface area (Å²) in [7, 11) is 0. The minimum absolute atomic E-state index is 0.299. The van der Waals surface area contributed by atoms with Crippen molar-refractivity contribution in [1.82, 2.24) is 16.2 Å². The van der Waals surface area contributed by atoms with E-state index in [4.69, 9.17) is 10.5 Å². The van der Waals surface area contributed by atoms with Crippen molar-refractivity contribution in [1.29, 1.82) is 5.39 Å². The summed E-state index contributed by atoms with van der Waals surface area (Å²) < 4.78 is 0. The Bertz CT molecular complexity index is 521. The molecule has 0 aliphatic rings. The summed E-state index contributed by atoms with van der Waals surface area (Å²) in [5.41, 5.74) is 4.75. The molecule has 1 rings (SSSR count). The highest BCUT2D eigenvalue weighted by atomic mass is 16.3. The molecule has 0 aliphatic heterocycles. The maximum Gasteiger partial charge on any atom is 0.409 e. The smallest absolute Gasteiger partial charge is 0.409 e. The van der Waals surface area contributed by atoms with Gasteiger partial charge in [-0.05, 0) is 12.1 Å². The Labute approximate surface area is 108 Å².